The number of para-hydroxylation sites is 1. The summed E-state index contributed by atoms with van der Waals surface area (Å²) in [5.41, 5.74) is 4.44. The normalized spacial score (nSPS) is 10.6. The minimum absolute atomic E-state index is 0.924. The van der Waals surface area contributed by atoms with Gasteiger partial charge in [0, 0.05) is 36.1 Å². The fourth-order valence-electron chi connectivity index (χ4n) is 2.13. The largest absolute Gasteiger partial charge is 0.388 e. The Kier molecular flexibility index (Phi) is 2.29. The number of H-pyrrole nitrogens is 1. The Labute approximate surface area is 99.5 Å². The molecule has 3 aromatic rings. The smallest absolute Gasteiger partial charge is 0.137 e. The molecule has 0 saturated carbocycles. The lowest BCUT2D eigenvalue weighted by Gasteiger charge is -2.09. The van der Waals surface area contributed by atoms with Crippen LogP contribution in [-0.4, -0.2) is 17.0 Å². The lowest BCUT2D eigenvalue weighted by Crippen LogP contribution is -1.92. The second-order valence-corrected chi connectivity index (χ2v) is 3.89. The quantitative estimate of drug-likeness (QED) is 0.700. The number of rotatable bonds is 2. The van der Waals surface area contributed by atoms with E-state index in [1.54, 1.807) is 0 Å². The number of benzene rings is 1. The summed E-state index contributed by atoms with van der Waals surface area (Å²) < 4.78 is 0. The van der Waals surface area contributed by atoms with Gasteiger partial charge >= 0.3 is 0 Å². The van der Waals surface area contributed by atoms with Crippen molar-refractivity contribution in [3.63, 3.8) is 0 Å². The molecule has 0 fully saturated rings. The number of hydrogen-bond acceptors (Lipinski definition) is 2. The SMILES string of the molecule is CNc1ccccc1-c1ccnc2[nH]ccc12. The molecule has 0 saturated heterocycles. The molecule has 0 bridgehead atoms. The Morgan fingerprint density at radius 3 is 2.82 bits per heavy atom. The van der Waals surface area contributed by atoms with Crippen LogP contribution in [-0.2, 0) is 0 Å². The van der Waals surface area contributed by atoms with Crippen LogP contribution in [0.2, 0.25) is 0 Å². The summed E-state index contributed by atoms with van der Waals surface area (Å²) in [6.45, 7) is 0. The highest BCUT2D eigenvalue weighted by atomic mass is 14.8. The Morgan fingerprint density at radius 1 is 1.06 bits per heavy atom. The molecule has 3 nitrogen and oxygen atoms in total. The highest BCUT2D eigenvalue weighted by molar-refractivity contribution is 5.96. The summed E-state index contributed by atoms with van der Waals surface area (Å²) in [7, 11) is 1.94. The van der Waals surface area contributed by atoms with Gasteiger partial charge in [0.2, 0.25) is 0 Å². The van der Waals surface area contributed by atoms with Gasteiger partial charge in [0.25, 0.3) is 0 Å². The average molecular weight is 223 g/mol. The maximum Gasteiger partial charge on any atom is 0.137 e. The summed E-state index contributed by atoms with van der Waals surface area (Å²) in [4.78, 5) is 7.44. The second-order valence-electron chi connectivity index (χ2n) is 3.89. The Balaban J connectivity index is 2.30. The zero-order chi connectivity index (χ0) is 11.7. The fourth-order valence-corrected chi connectivity index (χ4v) is 2.13. The Hall–Kier alpha value is -2.29. The lowest BCUT2D eigenvalue weighted by molar-refractivity contribution is 1.33. The van der Waals surface area contributed by atoms with Gasteiger partial charge in [0.1, 0.15) is 5.65 Å². The number of hydrogen-bond donors (Lipinski definition) is 2. The van der Waals surface area contributed by atoms with Crippen molar-refractivity contribution in [2.45, 2.75) is 0 Å². The van der Waals surface area contributed by atoms with E-state index in [2.05, 4.69) is 39.6 Å². The maximum atomic E-state index is 4.31. The summed E-state index contributed by atoms with van der Waals surface area (Å²) >= 11 is 0. The molecule has 0 aliphatic carbocycles. The van der Waals surface area contributed by atoms with Gasteiger partial charge in [0.05, 0.1) is 0 Å². The standard InChI is InChI=1S/C14H13N3/c1-15-13-5-3-2-4-11(13)10-6-8-16-14-12(10)7-9-17-14/h2-9,15H,1H3,(H,16,17). The number of aromatic nitrogens is 2. The number of pyridine rings is 1. The molecule has 3 rings (SSSR count). The van der Waals surface area contributed by atoms with Gasteiger partial charge in [-0.3, -0.25) is 0 Å². The van der Waals surface area contributed by atoms with Crippen LogP contribution in [0.3, 0.4) is 0 Å². The monoisotopic (exact) mass is 223 g/mol. The van der Waals surface area contributed by atoms with Gasteiger partial charge in [-0.05, 0) is 23.8 Å². The van der Waals surface area contributed by atoms with Crippen LogP contribution in [0.15, 0.2) is 48.8 Å². The molecule has 3 heteroatoms. The molecule has 1 aromatic carbocycles. The van der Waals surface area contributed by atoms with Crippen molar-refractivity contribution >= 4 is 16.7 Å². The molecular weight excluding hydrogens is 210 g/mol. The first kappa shape index (κ1) is 9.90. The van der Waals surface area contributed by atoms with E-state index in [0.29, 0.717) is 0 Å². The third-order valence-corrected chi connectivity index (χ3v) is 2.95. The first-order valence-corrected chi connectivity index (χ1v) is 5.59. The molecule has 0 spiro atoms. The molecule has 0 radical (unpaired) electrons. The van der Waals surface area contributed by atoms with Gasteiger partial charge < -0.3 is 10.3 Å². The topological polar surface area (TPSA) is 40.7 Å². The minimum Gasteiger partial charge on any atom is -0.388 e. The third kappa shape index (κ3) is 1.56. The van der Waals surface area contributed by atoms with Crippen LogP contribution in [0.5, 0.6) is 0 Å². The van der Waals surface area contributed by atoms with E-state index < -0.39 is 0 Å². The molecule has 2 heterocycles. The zero-order valence-corrected chi connectivity index (χ0v) is 9.57. The molecule has 17 heavy (non-hydrogen) atoms. The highest BCUT2D eigenvalue weighted by Crippen LogP contribution is 2.32. The van der Waals surface area contributed by atoms with E-state index >= 15 is 0 Å². The van der Waals surface area contributed by atoms with Gasteiger partial charge in [0.15, 0.2) is 0 Å². The van der Waals surface area contributed by atoms with E-state index in [9.17, 15) is 0 Å². The number of nitrogens with zero attached hydrogens (tertiary/aromatic N) is 1. The first-order chi connectivity index (χ1) is 8.40. The van der Waals surface area contributed by atoms with Crippen LogP contribution < -0.4 is 5.32 Å². The lowest BCUT2D eigenvalue weighted by atomic mass is 10.0. The summed E-state index contributed by atoms with van der Waals surface area (Å²) in [5.74, 6) is 0. The van der Waals surface area contributed by atoms with E-state index in [4.69, 9.17) is 0 Å². The number of aromatic amines is 1. The molecular formula is C14H13N3. The van der Waals surface area contributed by atoms with Crippen LogP contribution in [0.25, 0.3) is 22.2 Å². The highest BCUT2D eigenvalue weighted by Gasteiger charge is 2.08. The van der Waals surface area contributed by atoms with Crippen molar-refractivity contribution in [1.82, 2.24) is 9.97 Å². The summed E-state index contributed by atoms with van der Waals surface area (Å²) in [6.07, 6.45) is 3.75. The van der Waals surface area contributed by atoms with Gasteiger partial charge in [-0.25, -0.2) is 4.98 Å². The zero-order valence-electron chi connectivity index (χ0n) is 9.57. The van der Waals surface area contributed by atoms with Crippen molar-refractivity contribution in [3.8, 4) is 11.1 Å². The van der Waals surface area contributed by atoms with Crippen molar-refractivity contribution in [3.05, 3.63) is 48.8 Å². The van der Waals surface area contributed by atoms with Crippen LogP contribution in [0.4, 0.5) is 5.69 Å². The van der Waals surface area contributed by atoms with Crippen molar-refractivity contribution in [1.29, 1.82) is 0 Å². The maximum absolute atomic E-state index is 4.31. The van der Waals surface area contributed by atoms with Gasteiger partial charge in [-0.2, -0.15) is 0 Å². The minimum atomic E-state index is 0.924. The molecule has 0 aliphatic rings. The number of anilines is 1. The fraction of sp³-hybridized carbons (Fsp3) is 0.0714. The second kappa shape index (κ2) is 3.94. The first-order valence-electron chi connectivity index (χ1n) is 5.59. The molecule has 0 atom stereocenters. The van der Waals surface area contributed by atoms with E-state index in [0.717, 1.165) is 16.7 Å². The molecule has 0 unspecified atom stereocenters. The van der Waals surface area contributed by atoms with Gasteiger partial charge in [-0.15, -0.1) is 0 Å². The number of fused-ring (bicyclic) bond motifs is 1. The average Bonchev–Trinajstić information content (AvgIpc) is 2.86. The molecule has 0 aliphatic heterocycles. The van der Waals surface area contributed by atoms with E-state index in [1.165, 1.54) is 11.1 Å². The molecule has 2 N–H and O–H groups in total. The third-order valence-electron chi connectivity index (χ3n) is 2.95. The van der Waals surface area contributed by atoms with Crippen LogP contribution >= 0.6 is 0 Å². The predicted molar refractivity (Wildman–Crippen MR) is 71.1 cm³/mol. The van der Waals surface area contributed by atoms with E-state index in [1.807, 2.05) is 31.6 Å². The summed E-state index contributed by atoms with van der Waals surface area (Å²) in [6, 6.07) is 12.4. The van der Waals surface area contributed by atoms with E-state index in [-0.39, 0.29) is 0 Å². The molecule has 2 aromatic heterocycles. The summed E-state index contributed by atoms with van der Waals surface area (Å²) in [5, 5.41) is 4.37. The van der Waals surface area contributed by atoms with Crippen molar-refractivity contribution < 1.29 is 0 Å². The van der Waals surface area contributed by atoms with Crippen molar-refractivity contribution in [2.24, 2.45) is 0 Å². The number of nitrogens with one attached hydrogen (secondary N) is 2. The van der Waals surface area contributed by atoms with Gasteiger partial charge in [-0.1, -0.05) is 18.2 Å². The Bertz CT molecular complexity index is 655. The molecule has 0 amide bonds. The Morgan fingerprint density at radius 2 is 1.94 bits per heavy atom. The molecule has 84 valence electrons. The van der Waals surface area contributed by atoms with Crippen LogP contribution in [0.1, 0.15) is 0 Å². The van der Waals surface area contributed by atoms with Crippen LogP contribution in [0, 0.1) is 0 Å². The van der Waals surface area contributed by atoms with Crippen molar-refractivity contribution in [2.75, 3.05) is 12.4 Å². The predicted octanol–water partition coefficient (Wildman–Crippen LogP) is 3.27.